The normalized spacial score (nSPS) is 15.2. The van der Waals surface area contributed by atoms with Gasteiger partial charge in [-0.2, -0.15) is 15.4 Å². The number of nitrogens with zero attached hydrogens (tertiary/aromatic N) is 2. The molecule has 2 rings (SSSR count). The van der Waals surface area contributed by atoms with Gasteiger partial charge in [0.05, 0.1) is 17.5 Å². The first kappa shape index (κ1) is 14.6. The van der Waals surface area contributed by atoms with Crippen molar-refractivity contribution in [2.24, 2.45) is 0 Å². The Bertz CT molecular complexity index is 513. The van der Waals surface area contributed by atoms with Gasteiger partial charge in [0.15, 0.2) is 3.79 Å². The van der Waals surface area contributed by atoms with E-state index in [9.17, 15) is 5.11 Å². The summed E-state index contributed by atoms with van der Waals surface area (Å²) in [7, 11) is 0. The number of hydrogen-bond donors (Lipinski definition) is 2. The highest BCUT2D eigenvalue weighted by Gasteiger charge is 2.38. The topological polar surface area (TPSA) is 61.8 Å². The number of benzene rings is 1. The van der Waals surface area contributed by atoms with Crippen LogP contribution in [0.5, 0.6) is 0 Å². The molecule has 0 aliphatic rings. The van der Waals surface area contributed by atoms with Gasteiger partial charge in [0.2, 0.25) is 0 Å². The second-order valence-electron chi connectivity index (χ2n) is 4.33. The Morgan fingerprint density at radius 2 is 1.84 bits per heavy atom. The lowest BCUT2D eigenvalue weighted by Gasteiger charge is -2.31. The summed E-state index contributed by atoms with van der Waals surface area (Å²) in [6.45, 7) is 0. The second kappa shape index (κ2) is 5.67. The predicted molar refractivity (Wildman–Crippen MR) is 75.3 cm³/mol. The van der Waals surface area contributed by atoms with Crippen molar-refractivity contribution in [1.29, 1.82) is 0 Å². The van der Waals surface area contributed by atoms with E-state index in [1.54, 1.807) is 12.1 Å². The molecule has 0 spiro atoms. The Labute approximate surface area is 125 Å². The van der Waals surface area contributed by atoms with Crippen LogP contribution in [0.2, 0.25) is 0 Å². The largest absolute Gasteiger partial charge is 0.385 e. The van der Waals surface area contributed by atoms with Crippen LogP contribution in [0, 0.1) is 0 Å². The standard InChI is InChI=1S/C12H12Cl3N3O/c13-12(14,15)8-11(19,6-10-7-16-18-17-10)9-4-2-1-3-5-9/h1-5,7,19H,6,8H2,(H,16,17,18). The number of aromatic amines is 1. The van der Waals surface area contributed by atoms with E-state index in [-0.39, 0.29) is 12.8 Å². The predicted octanol–water partition coefficient (Wildman–Crippen LogP) is 3.00. The third-order valence-electron chi connectivity index (χ3n) is 2.74. The zero-order chi connectivity index (χ0) is 13.9. The maximum absolute atomic E-state index is 10.9. The molecule has 0 amide bonds. The van der Waals surface area contributed by atoms with Gasteiger partial charge in [-0.15, -0.1) is 0 Å². The quantitative estimate of drug-likeness (QED) is 0.851. The van der Waals surface area contributed by atoms with Gasteiger partial charge in [-0.05, 0) is 5.56 Å². The van der Waals surface area contributed by atoms with Gasteiger partial charge in [-0.3, -0.25) is 0 Å². The molecule has 1 atom stereocenters. The molecule has 1 aromatic carbocycles. The second-order valence-corrected chi connectivity index (χ2v) is 6.84. The maximum Gasteiger partial charge on any atom is 0.193 e. The molecule has 19 heavy (non-hydrogen) atoms. The molecule has 2 N–H and O–H groups in total. The van der Waals surface area contributed by atoms with E-state index in [2.05, 4.69) is 15.4 Å². The summed E-state index contributed by atoms with van der Waals surface area (Å²) in [6.07, 6.45) is 1.70. The fraction of sp³-hybridized carbons (Fsp3) is 0.333. The van der Waals surface area contributed by atoms with Crippen molar-refractivity contribution >= 4 is 34.8 Å². The maximum atomic E-state index is 10.9. The van der Waals surface area contributed by atoms with Gasteiger partial charge in [-0.1, -0.05) is 65.1 Å². The molecule has 0 saturated carbocycles. The molecule has 0 aliphatic heterocycles. The minimum absolute atomic E-state index is 0.0401. The molecule has 102 valence electrons. The summed E-state index contributed by atoms with van der Waals surface area (Å²) >= 11 is 17.5. The van der Waals surface area contributed by atoms with Crippen molar-refractivity contribution in [1.82, 2.24) is 15.4 Å². The van der Waals surface area contributed by atoms with E-state index in [0.717, 1.165) is 0 Å². The summed E-state index contributed by atoms with van der Waals surface area (Å²) in [5.74, 6) is 0. The Morgan fingerprint density at radius 3 is 2.37 bits per heavy atom. The molecule has 1 unspecified atom stereocenters. The van der Waals surface area contributed by atoms with Crippen LogP contribution in [-0.2, 0) is 12.0 Å². The van der Waals surface area contributed by atoms with Crippen molar-refractivity contribution in [2.75, 3.05) is 0 Å². The zero-order valence-corrected chi connectivity index (χ0v) is 12.1. The number of alkyl halides is 3. The molecule has 7 heteroatoms. The molecule has 4 nitrogen and oxygen atoms in total. The third kappa shape index (κ3) is 4.08. The van der Waals surface area contributed by atoms with Crippen LogP contribution in [-0.4, -0.2) is 24.3 Å². The number of aromatic nitrogens is 3. The van der Waals surface area contributed by atoms with Gasteiger partial charge in [-0.25, -0.2) is 0 Å². The number of aliphatic hydroxyl groups is 1. The van der Waals surface area contributed by atoms with E-state index >= 15 is 0 Å². The van der Waals surface area contributed by atoms with E-state index in [0.29, 0.717) is 11.3 Å². The van der Waals surface area contributed by atoms with Crippen LogP contribution < -0.4 is 0 Å². The SMILES string of the molecule is OC(Cc1cn[nH]n1)(CC(Cl)(Cl)Cl)c1ccccc1. The molecule has 1 aromatic heterocycles. The highest BCUT2D eigenvalue weighted by Crippen LogP contribution is 2.41. The molecule has 0 radical (unpaired) electrons. The molecule has 0 fully saturated rings. The highest BCUT2D eigenvalue weighted by atomic mass is 35.6. The number of hydrogen-bond acceptors (Lipinski definition) is 3. The van der Waals surface area contributed by atoms with Crippen LogP contribution in [0.1, 0.15) is 17.7 Å². The molecule has 2 aromatic rings. The summed E-state index contributed by atoms with van der Waals surface area (Å²) in [5, 5.41) is 21.0. The van der Waals surface area contributed by atoms with Gasteiger partial charge < -0.3 is 5.11 Å². The summed E-state index contributed by atoms with van der Waals surface area (Å²) in [6, 6.07) is 9.07. The lowest BCUT2D eigenvalue weighted by Crippen LogP contribution is -2.33. The van der Waals surface area contributed by atoms with E-state index in [4.69, 9.17) is 34.8 Å². The first-order valence-electron chi connectivity index (χ1n) is 5.58. The van der Waals surface area contributed by atoms with Crippen molar-refractivity contribution in [2.45, 2.75) is 22.2 Å². The van der Waals surface area contributed by atoms with Crippen LogP contribution in [0.4, 0.5) is 0 Å². The Morgan fingerprint density at radius 1 is 1.16 bits per heavy atom. The Hall–Kier alpha value is -0.810. The van der Waals surface area contributed by atoms with Crippen LogP contribution >= 0.6 is 34.8 Å². The summed E-state index contributed by atoms with van der Waals surface area (Å²) in [5.41, 5.74) is -0.0476. The molecule has 0 saturated heterocycles. The third-order valence-corrected chi connectivity index (χ3v) is 3.14. The first-order chi connectivity index (χ1) is 8.89. The Balaban J connectivity index is 2.32. The van der Waals surface area contributed by atoms with Crippen molar-refractivity contribution < 1.29 is 5.11 Å². The minimum Gasteiger partial charge on any atom is -0.385 e. The average Bonchev–Trinajstić information content (AvgIpc) is 2.80. The van der Waals surface area contributed by atoms with Crippen molar-refractivity contribution in [3.8, 4) is 0 Å². The number of H-pyrrole nitrogens is 1. The van der Waals surface area contributed by atoms with Crippen LogP contribution in [0.15, 0.2) is 36.5 Å². The van der Waals surface area contributed by atoms with Crippen LogP contribution in [0.3, 0.4) is 0 Å². The number of halogens is 3. The fourth-order valence-electron chi connectivity index (χ4n) is 1.96. The molecule has 1 heterocycles. The van der Waals surface area contributed by atoms with Gasteiger partial charge in [0, 0.05) is 12.8 Å². The van der Waals surface area contributed by atoms with Gasteiger partial charge in [0.25, 0.3) is 0 Å². The summed E-state index contributed by atoms with van der Waals surface area (Å²) in [4.78, 5) is 0. The van der Waals surface area contributed by atoms with Crippen molar-refractivity contribution in [3.63, 3.8) is 0 Å². The minimum atomic E-state index is -1.56. The summed E-state index contributed by atoms with van der Waals surface area (Å²) < 4.78 is -1.56. The fourth-order valence-corrected chi connectivity index (χ4v) is 2.62. The van der Waals surface area contributed by atoms with Crippen molar-refractivity contribution in [3.05, 3.63) is 47.8 Å². The monoisotopic (exact) mass is 319 g/mol. The van der Waals surface area contributed by atoms with Crippen LogP contribution in [0.25, 0.3) is 0 Å². The van der Waals surface area contributed by atoms with E-state index in [1.165, 1.54) is 6.20 Å². The smallest absolute Gasteiger partial charge is 0.193 e. The number of rotatable bonds is 4. The lowest BCUT2D eigenvalue weighted by atomic mass is 9.86. The first-order valence-corrected chi connectivity index (χ1v) is 6.72. The zero-order valence-electron chi connectivity index (χ0n) is 9.85. The van der Waals surface area contributed by atoms with E-state index in [1.807, 2.05) is 18.2 Å². The van der Waals surface area contributed by atoms with Gasteiger partial charge >= 0.3 is 0 Å². The van der Waals surface area contributed by atoms with E-state index < -0.39 is 9.39 Å². The lowest BCUT2D eigenvalue weighted by molar-refractivity contribution is 0.0279. The molecule has 0 bridgehead atoms. The molecular formula is C12H12Cl3N3O. The highest BCUT2D eigenvalue weighted by molar-refractivity contribution is 6.67. The average molecular weight is 321 g/mol. The molecule has 0 aliphatic carbocycles. The van der Waals surface area contributed by atoms with Gasteiger partial charge in [0.1, 0.15) is 0 Å². The number of nitrogens with one attached hydrogen (secondary N) is 1. The molecular weight excluding hydrogens is 309 g/mol. The Kier molecular flexibility index (Phi) is 4.36.